The zero-order chi connectivity index (χ0) is 16.4. The lowest BCUT2D eigenvalue weighted by Crippen LogP contribution is -2.30. The Balaban J connectivity index is 1.78. The van der Waals surface area contributed by atoms with Crippen molar-refractivity contribution in [3.05, 3.63) is 29.8 Å². The molecule has 2 aromatic rings. The first-order valence-corrected chi connectivity index (χ1v) is 9.12. The van der Waals surface area contributed by atoms with Gasteiger partial charge in [0.25, 0.3) is 10.0 Å². The van der Waals surface area contributed by atoms with E-state index in [1.54, 1.807) is 26.1 Å². The third kappa shape index (κ3) is 3.31. The van der Waals surface area contributed by atoms with Crippen molar-refractivity contribution in [1.82, 2.24) is 10.1 Å². The van der Waals surface area contributed by atoms with Crippen LogP contribution in [0.15, 0.2) is 27.7 Å². The smallest absolute Gasteiger partial charge is 0.267 e. The molecule has 0 radical (unpaired) electrons. The summed E-state index contributed by atoms with van der Waals surface area (Å²) < 4.78 is 32.3. The van der Waals surface area contributed by atoms with Crippen molar-refractivity contribution in [3.8, 4) is 0 Å². The summed E-state index contributed by atoms with van der Waals surface area (Å²) in [4.78, 5) is 6.67. The predicted molar refractivity (Wildman–Crippen MR) is 87.1 cm³/mol. The molecule has 2 aromatic heterocycles. The van der Waals surface area contributed by atoms with Gasteiger partial charge in [-0.2, -0.15) is 0 Å². The first kappa shape index (κ1) is 15.8. The van der Waals surface area contributed by atoms with Crippen LogP contribution in [0.4, 0.5) is 11.5 Å². The van der Waals surface area contributed by atoms with Crippen LogP contribution in [-0.2, 0) is 10.0 Å². The molecule has 0 spiro atoms. The average molecular weight is 336 g/mol. The van der Waals surface area contributed by atoms with Crippen LogP contribution in [-0.4, -0.2) is 31.6 Å². The molecule has 7 nitrogen and oxygen atoms in total. The zero-order valence-corrected chi connectivity index (χ0v) is 14.1. The molecule has 0 amide bonds. The Bertz CT molecular complexity index is 758. The Morgan fingerprint density at radius 2 is 1.91 bits per heavy atom. The summed E-state index contributed by atoms with van der Waals surface area (Å²) in [7, 11) is -3.73. The van der Waals surface area contributed by atoms with E-state index in [4.69, 9.17) is 4.52 Å². The second-order valence-corrected chi connectivity index (χ2v) is 7.33. The third-order valence-corrected chi connectivity index (χ3v) is 5.54. The minimum Gasteiger partial charge on any atom is -0.360 e. The maximum absolute atomic E-state index is 12.4. The van der Waals surface area contributed by atoms with Crippen molar-refractivity contribution in [2.24, 2.45) is 0 Å². The highest BCUT2D eigenvalue weighted by Crippen LogP contribution is 2.23. The number of nitrogens with one attached hydrogen (secondary N) is 1. The van der Waals surface area contributed by atoms with E-state index >= 15 is 0 Å². The van der Waals surface area contributed by atoms with Crippen molar-refractivity contribution >= 4 is 21.5 Å². The van der Waals surface area contributed by atoms with E-state index in [0.29, 0.717) is 11.4 Å². The predicted octanol–water partition coefficient (Wildman–Crippen LogP) is 2.48. The largest absolute Gasteiger partial charge is 0.360 e. The van der Waals surface area contributed by atoms with Crippen LogP contribution in [0.3, 0.4) is 0 Å². The Kier molecular flexibility index (Phi) is 4.25. The number of rotatable bonds is 4. The van der Waals surface area contributed by atoms with E-state index < -0.39 is 10.0 Å². The van der Waals surface area contributed by atoms with E-state index in [-0.39, 0.29) is 10.7 Å². The fourth-order valence-electron chi connectivity index (χ4n) is 2.82. The first-order valence-electron chi connectivity index (χ1n) is 7.64. The maximum atomic E-state index is 12.4. The van der Waals surface area contributed by atoms with Crippen LogP contribution in [0, 0.1) is 13.8 Å². The molecular formula is C15H20N4O3S. The highest BCUT2D eigenvalue weighted by atomic mass is 32.2. The molecule has 0 aliphatic carbocycles. The molecule has 0 atom stereocenters. The van der Waals surface area contributed by atoms with E-state index in [1.807, 2.05) is 6.07 Å². The number of pyridine rings is 1. The van der Waals surface area contributed by atoms with Crippen molar-refractivity contribution in [3.63, 3.8) is 0 Å². The van der Waals surface area contributed by atoms with Crippen LogP contribution in [0.25, 0.3) is 0 Å². The number of hydrogen-bond acceptors (Lipinski definition) is 6. The minimum absolute atomic E-state index is 0.0811. The van der Waals surface area contributed by atoms with Gasteiger partial charge < -0.3 is 9.42 Å². The van der Waals surface area contributed by atoms with Gasteiger partial charge in [0.15, 0.2) is 10.7 Å². The third-order valence-electron chi connectivity index (χ3n) is 3.92. The van der Waals surface area contributed by atoms with Gasteiger partial charge in [0.05, 0.1) is 11.9 Å². The number of sulfonamides is 1. The van der Waals surface area contributed by atoms with Crippen molar-refractivity contribution in [2.45, 2.75) is 38.0 Å². The maximum Gasteiger partial charge on any atom is 0.267 e. The summed E-state index contributed by atoms with van der Waals surface area (Å²) in [5.41, 5.74) is 0.763. The number of hydrogen-bond donors (Lipinski definition) is 1. The Morgan fingerprint density at radius 1 is 1.17 bits per heavy atom. The SMILES string of the molecule is Cc1noc(C)c1S(=O)(=O)Nc1ccc(N2CCCCC2)nc1. The van der Waals surface area contributed by atoms with Gasteiger partial charge in [-0.05, 0) is 45.2 Å². The standard InChI is InChI=1S/C15H20N4O3S/c1-11-15(12(2)22-17-11)23(20,21)18-13-6-7-14(16-10-13)19-8-4-3-5-9-19/h6-7,10,18H,3-5,8-9H2,1-2H3. The molecule has 23 heavy (non-hydrogen) atoms. The molecule has 1 N–H and O–H groups in total. The number of aryl methyl sites for hydroxylation is 2. The number of piperidine rings is 1. The van der Waals surface area contributed by atoms with Crippen LogP contribution >= 0.6 is 0 Å². The van der Waals surface area contributed by atoms with E-state index in [2.05, 4.69) is 19.8 Å². The molecular weight excluding hydrogens is 316 g/mol. The number of nitrogens with zero attached hydrogens (tertiary/aromatic N) is 3. The van der Waals surface area contributed by atoms with Crippen LogP contribution in [0.2, 0.25) is 0 Å². The van der Waals surface area contributed by atoms with Gasteiger partial charge in [-0.1, -0.05) is 5.16 Å². The van der Waals surface area contributed by atoms with Crippen molar-refractivity contribution in [1.29, 1.82) is 0 Å². The molecule has 1 aliphatic heterocycles. The molecule has 0 unspecified atom stereocenters. The second kappa shape index (κ2) is 6.19. The Labute approximate surface area is 135 Å². The summed E-state index contributed by atoms with van der Waals surface area (Å²) in [5.74, 6) is 1.15. The van der Waals surface area contributed by atoms with Gasteiger partial charge in [-0.15, -0.1) is 0 Å². The molecule has 1 aliphatic rings. The molecule has 8 heteroatoms. The van der Waals surface area contributed by atoms with Crippen LogP contribution < -0.4 is 9.62 Å². The summed E-state index contributed by atoms with van der Waals surface area (Å²) >= 11 is 0. The molecule has 1 fully saturated rings. The van der Waals surface area contributed by atoms with Gasteiger partial charge >= 0.3 is 0 Å². The monoisotopic (exact) mass is 336 g/mol. The van der Waals surface area contributed by atoms with Crippen molar-refractivity contribution in [2.75, 3.05) is 22.7 Å². The highest BCUT2D eigenvalue weighted by Gasteiger charge is 2.24. The molecule has 3 rings (SSSR count). The Hall–Kier alpha value is -2.09. The highest BCUT2D eigenvalue weighted by molar-refractivity contribution is 7.92. The minimum atomic E-state index is -3.73. The normalized spacial score (nSPS) is 15.7. The quantitative estimate of drug-likeness (QED) is 0.923. The fourth-order valence-corrected chi connectivity index (χ4v) is 4.20. The van der Waals surface area contributed by atoms with Crippen molar-refractivity contribution < 1.29 is 12.9 Å². The lowest BCUT2D eigenvalue weighted by atomic mass is 10.1. The van der Waals surface area contributed by atoms with Gasteiger partial charge in [0, 0.05) is 13.1 Å². The molecule has 0 aromatic carbocycles. The Morgan fingerprint density at radius 3 is 2.48 bits per heavy atom. The summed E-state index contributed by atoms with van der Waals surface area (Å²) in [6, 6.07) is 3.57. The van der Waals surface area contributed by atoms with Crippen LogP contribution in [0.1, 0.15) is 30.7 Å². The van der Waals surface area contributed by atoms with Gasteiger partial charge in [0.1, 0.15) is 11.5 Å². The van der Waals surface area contributed by atoms with E-state index in [1.165, 1.54) is 19.3 Å². The molecule has 1 saturated heterocycles. The van der Waals surface area contributed by atoms with E-state index in [9.17, 15) is 8.42 Å². The number of anilines is 2. The topological polar surface area (TPSA) is 88.3 Å². The van der Waals surface area contributed by atoms with Gasteiger partial charge in [-0.3, -0.25) is 4.72 Å². The molecule has 124 valence electrons. The second-order valence-electron chi connectivity index (χ2n) is 5.71. The lowest BCUT2D eigenvalue weighted by molar-refractivity contribution is 0.390. The van der Waals surface area contributed by atoms with E-state index in [0.717, 1.165) is 18.9 Å². The zero-order valence-electron chi connectivity index (χ0n) is 13.2. The molecule has 0 bridgehead atoms. The number of aromatic nitrogens is 2. The molecule has 3 heterocycles. The molecule has 0 saturated carbocycles. The summed E-state index contributed by atoms with van der Waals surface area (Å²) in [6.45, 7) is 5.17. The average Bonchev–Trinajstić information content (AvgIpc) is 2.88. The fraction of sp³-hybridized carbons (Fsp3) is 0.467. The lowest BCUT2D eigenvalue weighted by Gasteiger charge is -2.27. The first-order chi connectivity index (χ1) is 11.0. The summed E-state index contributed by atoms with van der Waals surface area (Å²) in [6.07, 6.45) is 5.13. The van der Waals surface area contributed by atoms with Crippen LogP contribution in [0.5, 0.6) is 0 Å². The van der Waals surface area contributed by atoms with Gasteiger partial charge in [-0.25, -0.2) is 13.4 Å². The summed E-state index contributed by atoms with van der Waals surface area (Å²) in [5, 5.41) is 3.68. The van der Waals surface area contributed by atoms with Gasteiger partial charge in [0.2, 0.25) is 0 Å².